The van der Waals surface area contributed by atoms with Crippen LogP contribution in [-0.4, -0.2) is 65.5 Å². The molecule has 2 N–H and O–H groups in total. The summed E-state index contributed by atoms with van der Waals surface area (Å²) < 4.78 is 0. The Kier molecular flexibility index (Phi) is 5.14. The lowest BCUT2D eigenvalue weighted by Gasteiger charge is -2.40. The lowest BCUT2D eigenvalue weighted by molar-refractivity contribution is -0.139. The van der Waals surface area contributed by atoms with E-state index in [1.807, 2.05) is 13.8 Å². The van der Waals surface area contributed by atoms with Gasteiger partial charge >= 0.3 is 12.0 Å². The second kappa shape index (κ2) is 6.40. The molecule has 7 heteroatoms. The number of rotatable bonds is 5. The van der Waals surface area contributed by atoms with Gasteiger partial charge in [0.25, 0.3) is 0 Å². The van der Waals surface area contributed by atoms with Crippen LogP contribution in [0.15, 0.2) is 0 Å². The molecule has 0 aromatic carbocycles. The number of nitrogens with zero attached hydrogens (tertiary/aromatic N) is 2. The number of carboxylic acids is 1. The predicted molar refractivity (Wildman–Crippen MR) is 68.6 cm³/mol. The molecule has 0 saturated carbocycles. The monoisotopic (exact) mass is 271 g/mol. The summed E-state index contributed by atoms with van der Waals surface area (Å²) in [4.78, 5) is 36.8. The first kappa shape index (κ1) is 15.3. The van der Waals surface area contributed by atoms with Crippen molar-refractivity contribution in [3.63, 3.8) is 0 Å². The Morgan fingerprint density at radius 3 is 2.42 bits per heavy atom. The lowest BCUT2D eigenvalue weighted by Crippen LogP contribution is -2.55. The van der Waals surface area contributed by atoms with Crippen LogP contribution in [0.5, 0.6) is 0 Å². The highest BCUT2D eigenvalue weighted by Crippen LogP contribution is 2.20. The molecule has 3 amide bonds. The third-order valence-corrected chi connectivity index (χ3v) is 2.85. The molecular weight excluding hydrogens is 250 g/mol. The van der Waals surface area contributed by atoms with Crippen molar-refractivity contribution in [1.29, 1.82) is 0 Å². The van der Waals surface area contributed by atoms with E-state index in [-0.39, 0.29) is 36.9 Å². The number of likely N-dealkylation sites (N-methyl/N-ethyl adjacent to an activating group) is 1. The van der Waals surface area contributed by atoms with Crippen molar-refractivity contribution in [2.75, 3.05) is 26.7 Å². The van der Waals surface area contributed by atoms with E-state index in [9.17, 15) is 14.4 Å². The predicted octanol–water partition coefficient (Wildman–Crippen LogP) is -0.0307. The molecular formula is C12H21N3O4. The van der Waals surface area contributed by atoms with Crippen LogP contribution in [-0.2, 0) is 9.59 Å². The molecule has 1 aliphatic heterocycles. The molecule has 108 valence electrons. The summed E-state index contributed by atoms with van der Waals surface area (Å²) in [6.07, 6.45) is 0.0847. The number of hydrogen-bond donors (Lipinski definition) is 2. The zero-order chi connectivity index (χ0) is 14.6. The highest BCUT2D eigenvalue weighted by atomic mass is 16.4. The minimum atomic E-state index is -0.846. The molecule has 0 radical (unpaired) electrons. The van der Waals surface area contributed by atoms with Gasteiger partial charge in [0.15, 0.2) is 0 Å². The van der Waals surface area contributed by atoms with Gasteiger partial charge in [-0.15, -0.1) is 0 Å². The van der Waals surface area contributed by atoms with Crippen LogP contribution >= 0.6 is 0 Å². The first-order valence-corrected chi connectivity index (χ1v) is 6.30. The smallest absolute Gasteiger partial charge is 0.320 e. The summed E-state index contributed by atoms with van der Waals surface area (Å²) in [6, 6.07) is -0.194. The molecule has 0 spiro atoms. The maximum absolute atomic E-state index is 11.9. The van der Waals surface area contributed by atoms with E-state index >= 15 is 0 Å². The van der Waals surface area contributed by atoms with Gasteiger partial charge in [0.05, 0.1) is 6.42 Å². The van der Waals surface area contributed by atoms with E-state index in [0.29, 0.717) is 13.1 Å². The van der Waals surface area contributed by atoms with Gasteiger partial charge in [-0.2, -0.15) is 0 Å². The maximum Gasteiger partial charge on any atom is 0.320 e. The maximum atomic E-state index is 11.9. The zero-order valence-electron chi connectivity index (χ0n) is 11.5. The molecule has 0 atom stereocenters. The number of amides is 3. The molecule has 1 fully saturated rings. The van der Waals surface area contributed by atoms with E-state index in [1.54, 1.807) is 11.9 Å². The minimum Gasteiger partial charge on any atom is -0.481 e. The van der Waals surface area contributed by atoms with E-state index < -0.39 is 5.97 Å². The molecule has 0 aromatic rings. The Labute approximate surface area is 112 Å². The number of carboxylic acid groups (broad SMARTS) is 1. The van der Waals surface area contributed by atoms with Crippen LogP contribution in [0.2, 0.25) is 0 Å². The molecule has 1 aliphatic rings. The summed E-state index contributed by atoms with van der Waals surface area (Å²) in [5.41, 5.74) is 0. The first-order valence-electron chi connectivity index (χ1n) is 6.30. The molecule has 1 saturated heterocycles. The number of aliphatic carboxylic acids is 1. The average Bonchev–Trinajstić information content (AvgIpc) is 2.20. The number of carbonyl (C=O) groups is 3. The Balaban J connectivity index is 2.31. The molecule has 1 rings (SSSR count). The van der Waals surface area contributed by atoms with Gasteiger partial charge in [-0.3, -0.25) is 9.59 Å². The average molecular weight is 271 g/mol. The van der Waals surface area contributed by atoms with Gasteiger partial charge < -0.3 is 20.2 Å². The van der Waals surface area contributed by atoms with Crippen LogP contribution < -0.4 is 5.32 Å². The quantitative estimate of drug-likeness (QED) is 0.734. The number of nitrogens with one attached hydrogen (secondary N) is 1. The van der Waals surface area contributed by atoms with Crippen molar-refractivity contribution in [2.24, 2.45) is 5.92 Å². The second-order valence-corrected chi connectivity index (χ2v) is 5.23. The Hall–Kier alpha value is -1.79. The van der Waals surface area contributed by atoms with Crippen LogP contribution in [0.3, 0.4) is 0 Å². The van der Waals surface area contributed by atoms with Crippen molar-refractivity contribution in [3.8, 4) is 0 Å². The summed E-state index contributed by atoms with van der Waals surface area (Å²) in [7, 11) is 1.56. The normalized spacial score (nSPS) is 15.1. The first-order chi connectivity index (χ1) is 8.79. The largest absolute Gasteiger partial charge is 0.481 e. The van der Waals surface area contributed by atoms with Crippen LogP contribution in [0, 0.1) is 5.92 Å². The van der Waals surface area contributed by atoms with E-state index in [0.717, 1.165) is 0 Å². The standard InChI is InChI=1S/C12H21N3O4/c1-8(2)13-10(16)7-14(3)12(19)15-5-9(6-15)4-11(17)18/h8-9H,4-7H2,1-3H3,(H,13,16)(H,17,18). The van der Waals surface area contributed by atoms with Crippen molar-refractivity contribution in [3.05, 3.63) is 0 Å². The fraction of sp³-hybridized carbons (Fsp3) is 0.750. The van der Waals surface area contributed by atoms with Crippen molar-refractivity contribution >= 4 is 17.9 Å². The van der Waals surface area contributed by atoms with Crippen molar-refractivity contribution < 1.29 is 19.5 Å². The molecule has 19 heavy (non-hydrogen) atoms. The number of urea groups is 1. The molecule has 7 nitrogen and oxygen atoms in total. The Bertz CT molecular complexity index is 364. The van der Waals surface area contributed by atoms with E-state index in [2.05, 4.69) is 5.32 Å². The Morgan fingerprint density at radius 1 is 1.37 bits per heavy atom. The Morgan fingerprint density at radius 2 is 1.95 bits per heavy atom. The molecule has 0 aromatic heterocycles. The van der Waals surface area contributed by atoms with Crippen molar-refractivity contribution in [2.45, 2.75) is 26.3 Å². The molecule has 0 unspecified atom stereocenters. The van der Waals surface area contributed by atoms with Crippen molar-refractivity contribution in [1.82, 2.24) is 15.1 Å². The third-order valence-electron chi connectivity index (χ3n) is 2.85. The third kappa shape index (κ3) is 4.76. The zero-order valence-corrected chi connectivity index (χ0v) is 11.5. The summed E-state index contributed by atoms with van der Waals surface area (Å²) in [5, 5.41) is 11.3. The topological polar surface area (TPSA) is 90.0 Å². The van der Waals surface area contributed by atoms with E-state index in [1.165, 1.54) is 4.90 Å². The number of likely N-dealkylation sites (tertiary alicyclic amines) is 1. The fourth-order valence-corrected chi connectivity index (χ4v) is 1.99. The fourth-order valence-electron chi connectivity index (χ4n) is 1.99. The minimum absolute atomic E-state index is 0.0110. The SMILES string of the molecule is CC(C)NC(=O)CN(C)C(=O)N1CC(CC(=O)O)C1. The number of hydrogen-bond acceptors (Lipinski definition) is 3. The molecule has 1 heterocycles. The lowest BCUT2D eigenvalue weighted by atomic mass is 9.97. The van der Waals surface area contributed by atoms with Gasteiger partial charge in [0, 0.05) is 32.1 Å². The van der Waals surface area contributed by atoms with Gasteiger partial charge in [-0.25, -0.2) is 4.79 Å². The van der Waals surface area contributed by atoms with Crippen LogP contribution in [0.4, 0.5) is 4.79 Å². The number of carbonyl (C=O) groups excluding carboxylic acids is 2. The second-order valence-electron chi connectivity index (χ2n) is 5.23. The summed E-state index contributed by atoms with van der Waals surface area (Å²) in [5.74, 6) is -1.02. The highest BCUT2D eigenvalue weighted by Gasteiger charge is 2.33. The van der Waals surface area contributed by atoms with Crippen LogP contribution in [0.25, 0.3) is 0 Å². The molecule has 0 bridgehead atoms. The van der Waals surface area contributed by atoms with Gasteiger partial charge in [-0.05, 0) is 13.8 Å². The highest BCUT2D eigenvalue weighted by molar-refractivity contribution is 5.84. The van der Waals surface area contributed by atoms with Gasteiger partial charge in [0.1, 0.15) is 6.54 Å². The molecule has 0 aliphatic carbocycles. The summed E-state index contributed by atoms with van der Waals surface area (Å²) in [6.45, 7) is 4.61. The van der Waals surface area contributed by atoms with Gasteiger partial charge in [0.2, 0.25) is 5.91 Å². The summed E-state index contributed by atoms with van der Waals surface area (Å²) >= 11 is 0. The van der Waals surface area contributed by atoms with E-state index in [4.69, 9.17) is 5.11 Å². The van der Waals surface area contributed by atoms with Gasteiger partial charge in [-0.1, -0.05) is 0 Å². The van der Waals surface area contributed by atoms with Crippen LogP contribution in [0.1, 0.15) is 20.3 Å².